The first-order chi connectivity index (χ1) is 7.15. The lowest BCUT2D eigenvalue weighted by Crippen LogP contribution is -2.04. The Morgan fingerprint density at radius 1 is 1.47 bits per heavy atom. The fourth-order valence-corrected chi connectivity index (χ4v) is 2.04. The van der Waals surface area contributed by atoms with Crippen molar-refractivity contribution in [3.05, 3.63) is 27.0 Å². The molecule has 1 aliphatic heterocycles. The van der Waals surface area contributed by atoms with E-state index in [1.54, 1.807) is 0 Å². The number of pyridine rings is 1. The first-order valence-electron chi connectivity index (χ1n) is 4.69. The van der Waals surface area contributed by atoms with Crippen LogP contribution in [0, 0.1) is 0 Å². The summed E-state index contributed by atoms with van der Waals surface area (Å²) in [7, 11) is 0. The maximum atomic E-state index is 11.5. The zero-order chi connectivity index (χ0) is 11.0. The van der Waals surface area contributed by atoms with Crippen LogP contribution in [0.4, 0.5) is 0 Å². The van der Waals surface area contributed by atoms with Crippen LogP contribution < -0.4 is 0 Å². The third-order valence-electron chi connectivity index (χ3n) is 2.31. The number of hydrogen-bond donors (Lipinski definition) is 0. The molecule has 0 saturated carbocycles. The molecule has 0 saturated heterocycles. The van der Waals surface area contributed by atoms with Gasteiger partial charge < -0.3 is 4.74 Å². The number of carbonyl (C=O) groups is 1. The van der Waals surface area contributed by atoms with E-state index in [9.17, 15) is 4.79 Å². The molecule has 2 rings (SSSR count). The van der Waals surface area contributed by atoms with E-state index >= 15 is 0 Å². The van der Waals surface area contributed by atoms with Gasteiger partial charge in [0, 0.05) is 5.56 Å². The molecular formula is C10H9Cl2NO2. The number of halogens is 2. The predicted octanol–water partition coefficient (Wildman–Crippen LogP) is 3.01. The molecule has 0 unspecified atom stereocenters. The summed E-state index contributed by atoms with van der Waals surface area (Å²) in [6.07, 6.45) is 1.60. The molecular weight excluding hydrogens is 237 g/mol. The number of carbonyl (C=O) groups excluding carboxylic acids is 1. The molecule has 0 bridgehead atoms. The van der Waals surface area contributed by atoms with Crippen molar-refractivity contribution in [2.75, 3.05) is 0 Å². The molecule has 0 spiro atoms. The molecule has 1 aromatic heterocycles. The summed E-state index contributed by atoms with van der Waals surface area (Å²) in [5.74, 6) is -0.348. The van der Waals surface area contributed by atoms with Crippen LogP contribution in [0.2, 0.25) is 10.2 Å². The molecule has 2 heterocycles. The van der Waals surface area contributed by atoms with E-state index in [0.717, 1.165) is 6.42 Å². The van der Waals surface area contributed by atoms with Crippen molar-refractivity contribution in [3.63, 3.8) is 0 Å². The third kappa shape index (κ3) is 1.70. The van der Waals surface area contributed by atoms with Crippen molar-refractivity contribution in [1.82, 2.24) is 4.98 Å². The molecule has 5 heteroatoms. The Kier molecular flexibility index (Phi) is 2.85. The molecule has 0 atom stereocenters. The van der Waals surface area contributed by atoms with Gasteiger partial charge in [0.2, 0.25) is 0 Å². The van der Waals surface area contributed by atoms with Gasteiger partial charge in [-0.1, -0.05) is 36.5 Å². The number of esters is 1. The highest BCUT2D eigenvalue weighted by atomic mass is 35.5. The molecule has 0 aliphatic carbocycles. The Morgan fingerprint density at radius 2 is 2.20 bits per heavy atom. The number of cyclic esters (lactones) is 1. The van der Waals surface area contributed by atoms with Crippen LogP contribution in [-0.2, 0) is 17.8 Å². The van der Waals surface area contributed by atoms with Gasteiger partial charge in [0.05, 0.1) is 16.3 Å². The normalized spacial score (nSPS) is 13.9. The highest BCUT2D eigenvalue weighted by Crippen LogP contribution is 2.34. The maximum Gasteiger partial charge on any atom is 0.340 e. The zero-order valence-corrected chi connectivity index (χ0v) is 9.65. The van der Waals surface area contributed by atoms with E-state index in [-0.39, 0.29) is 17.7 Å². The van der Waals surface area contributed by atoms with Gasteiger partial charge in [-0.15, -0.1) is 0 Å². The second kappa shape index (κ2) is 3.99. The van der Waals surface area contributed by atoms with E-state index in [1.165, 1.54) is 0 Å². The highest BCUT2D eigenvalue weighted by Gasteiger charge is 2.29. The smallest absolute Gasteiger partial charge is 0.340 e. The zero-order valence-electron chi connectivity index (χ0n) is 8.14. The standard InChI is InChI=1S/C10H9Cl2NO2/c1-2-3-6-7-5(4-15-10(7)14)8(11)9(12)13-6/h2-4H2,1H3. The van der Waals surface area contributed by atoms with Crippen LogP contribution in [-0.4, -0.2) is 11.0 Å². The molecule has 1 aliphatic rings. The monoisotopic (exact) mass is 245 g/mol. The van der Waals surface area contributed by atoms with Gasteiger partial charge in [-0.3, -0.25) is 0 Å². The molecule has 0 amide bonds. The van der Waals surface area contributed by atoms with E-state index in [0.29, 0.717) is 28.3 Å². The molecule has 3 nitrogen and oxygen atoms in total. The maximum absolute atomic E-state index is 11.5. The van der Waals surface area contributed by atoms with Crippen molar-refractivity contribution >= 4 is 29.2 Å². The van der Waals surface area contributed by atoms with Crippen LogP contribution >= 0.6 is 23.2 Å². The average Bonchev–Trinajstić information content (AvgIpc) is 2.57. The van der Waals surface area contributed by atoms with Crippen LogP contribution in [0.5, 0.6) is 0 Å². The van der Waals surface area contributed by atoms with Crippen molar-refractivity contribution in [1.29, 1.82) is 0 Å². The number of nitrogens with zero attached hydrogens (tertiary/aromatic N) is 1. The topological polar surface area (TPSA) is 39.2 Å². The minimum atomic E-state index is -0.348. The number of aromatic nitrogens is 1. The quantitative estimate of drug-likeness (QED) is 0.594. The summed E-state index contributed by atoms with van der Waals surface area (Å²) in [5, 5.41) is 0.578. The van der Waals surface area contributed by atoms with Crippen molar-refractivity contribution < 1.29 is 9.53 Å². The summed E-state index contributed by atoms with van der Waals surface area (Å²) < 4.78 is 4.92. The molecule has 0 aromatic carbocycles. The van der Waals surface area contributed by atoms with Crippen molar-refractivity contribution in [3.8, 4) is 0 Å². The van der Waals surface area contributed by atoms with Crippen LogP contribution in [0.25, 0.3) is 0 Å². The largest absolute Gasteiger partial charge is 0.457 e. The summed E-state index contributed by atoms with van der Waals surface area (Å²) in [6, 6.07) is 0. The summed E-state index contributed by atoms with van der Waals surface area (Å²) >= 11 is 11.8. The second-order valence-electron chi connectivity index (χ2n) is 3.34. The summed E-state index contributed by atoms with van der Waals surface area (Å²) in [6.45, 7) is 2.21. The first-order valence-corrected chi connectivity index (χ1v) is 5.44. The average molecular weight is 246 g/mol. The fourth-order valence-electron chi connectivity index (χ4n) is 1.64. The predicted molar refractivity (Wildman–Crippen MR) is 57.4 cm³/mol. The lowest BCUT2D eigenvalue weighted by Gasteiger charge is -2.06. The van der Waals surface area contributed by atoms with Gasteiger partial charge in [0.15, 0.2) is 0 Å². The lowest BCUT2D eigenvalue weighted by molar-refractivity contribution is 0.0534. The number of ether oxygens (including phenoxy) is 1. The number of hydrogen-bond acceptors (Lipinski definition) is 3. The molecule has 0 fully saturated rings. The van der Waals surface area contributed by atoms with Crippen LogP contribution in [0.15, 0.2) is 0 Å². The Hall–Kier alpha value is -0.800. The fraction of sp³-hybridized carbons (Fsp3) is 0.400. The Labute approximate surface area is 97.4 Å². The molecule has 0 radical (unpaired) electrons. The van der Waals surface area contributed by atoms with Gasteiger partial charge in [0.1, 0.15) is 11.8 Å². The Balaban J connectivity index is 2.62. The number of rotatable bonds is 2. The molecule has 1 aromatic rings. The molecule has 0 N–H and O–H groups in total. The minimum Gasteiger partial charge on any atom is -0.457 e. The van der Waals surface area contributed by atoms with Crippen molar-refractivity contribution in [2.24, 2.45) is 0 Å². The summed E-state index contributed by atoms with van der Waals surface area (Å²) in [4.78, 5) is 15.6. The van der Waals surface area contributed by atoms with Gasteiger partial charge >= 0.3 is 5.97 Å². The Morgan fingerprint density at radius 3 is 2.87 bits per heavy atom. The number of fused-ring (bicyclic) bond motifs is 1. The third-order valence-corrected chi connectivity index (χ3v) is 3.09. The van der Waals surface area contributed by atoms with E-state index < -0.39 is 0 Å². The van der Waals surface area contributed by atoms with E-state index in [1.807, 2.05) is 6.92 Å². The Bertz CT molecular complexity index is 432. The van der Waals surface area contributed by atoms with E-state index in [2.05, 4.69) is 4.98 Å². The van der Waals surface area contributed by atoms with Crippen LogP contribution in [0.3, 0.4) is 0 Å². The minimum absolute atomic E-state index is 0.200. The van der Waals surface area contributed by atoms with E-state index in [4.69, 9.17) is 27.9 Å². The van der Waals surface area contributed by atoms with Crippen molar-refractivity contribution in [2.45, 2.75) is 26.4 Å². The van der Waals surface area contributed by atoms with Gasteiger partial charge in [-0.05, 0) is 6.42 Å². The second-order valence-corrected chi connectivity index (χ2v) is 4.08. The van der Waals surface area contributed by atoms with Gasteiger partial charge in [-0.2, -0.15) is 0 Å². The highest BCUT2D eigenvalue weighted by molar-refractivity contribution is 6.42. The van der Waals surface area contributed by atoms with Gasteiger partial charge in [-0.25, -0.2) is 9.78 Å². The van der Waals surface area contributed by atoms with Gasteiger partial charge in [0.25, 0.3) is 0 Å². The molecule has 80 valence electrons. The van der Waals surface area contributed by atoms with Crippen LogP contribution in [0.1, 0.15) is 35.0 Å². The first kappa shape index (κ1) is 10.7. The summed E-state index contributed by atoms with van der Waals surface area (Å²) in [5.41, 5.74) is 1.86. The molecule has 15 heavy (non-hydrogen) atoms. The SMILES string of the molecule is CCCc1nc(Cl)c(Cl)c2c1C(=O)OC2. The number of aryl methyl sites for hydroxylation is 1. The lowest BCUT2D eigenvalue weighted by atomic mass is 10.1.